The van der Waals surface area contributed by atoms with E-state index >= 15 is 0 Å². The van der Waals surface area contributed by atoms with Gasteiger partial charge in [0.15, 0.2) is 5.82 Å². The van der Waals surface area contributed by atoms with E-state index in [1.807, 2.05) is 0 Å². The van der Waals surface area contributed by atoms with Crippen molar-refractivity contribution in [3.05, 3.63) is 23.0 Å². The smallest absolute Gasteiger partial charge is 0.268 e. The second kappa shape index (κ2) is 8.32. The van der Waals surface area contributed by atoms with E-state index < -0.39 is 5.82 Å². The average Bonchev–Trinajstić information content (AvgIpc) is 3.14. The van der Waals surface area contributed by atoms with Crippen molar-refractivity contribution < 1.29 is 9.18 Å². The van der Waals surface area contributed by atoms with Crippen LogP contribution in [0.1, 0.15) is 78.6 Å². The summed E-state index contributed by atoms with van der Waals surface area (Å²) in [6.45, 7) is 7.32. The van der Waals surface area contributed by atoms with Crippen LogP contribution in [0.15, 0.2) is 22.4 Å². The molecule has 6 heteroatoms. The summed E-state index contributed by atoms with van der Waals surface area (Å²) in [6, 6.07) is 2.87. The van der Waals surface area contributed by atoms with Crippen LogP contribution < -0.4 is 5.73 Å². The fourth-order valence-corrected chi connectivity index (χ4v) is 8.86. The van der Waals surface area contributed by atoms with Crippen LogP contribution in [-0.2, 0) is 4.79 Å². The Morgan fingerprint density at radius 3 is 2.58 bits per heavy atom. The molecule has 0 aliphatic heterocycles. The van der Waals surface area contributed by atoms with Gasteiger partial charge < -0.3 is 5.73 Å². The summed E-state index contributed by atoms with van der Waals surface area (Å²) in [6.07, 6.45) is 11.0. The van der Waals surface area contributed by atoms with Crippen LogP contribution in [0, 0.1) is 52.2 Å². The van der Waals surface area contributed by atoms with Crippen molar-refractivity contribution in [2.75, 3.05) is 5.73 Å². The average molecular weight is 474 g/mol. The monoisotopic (exact) mass is 473 g/mol. The second-order valence-corrected chi connectivity index (χ2v) is 12.5. The minimum absolute atomic E-state index is 0.0408. The largest absolute Gasteiger partial charge is 0.397 e. The van der Waals surface area contributed by atoms with Crippen LogP contribution in [0.2, 0.25) is 5.02 Å². The van der Waals surface area contributed by atoms with Gasteiger partial charge in [-0.1, -0.05) is 38.8 Å². The first-order valence-electron chi connectivity index (χ1n) is 12.8. The van der Waals surface area contributed by atoms with Gasteiger partial charge in [0, 0.05) is 5.92 Å². The molecule has 4 nitrogen and oxygen atoms in total. The number of nitrogens with zero attached hydrogens (tertiary/aromatic N) is 2. The predicted octanol–water partition coefficient (Wildman–Crippen LogP) is 7.97. The van der Waals surface area contributed by atoms with Crippen molar-refractivity contribution in [2.45, 2.75) is 78.6 Å². The lowest BCUT2D eigenvalue weighted by Crippen LogP contribution is -2.53. The predicted molar refractivity (Wildman–Crippen MR) is 130 cm³/mol. The molecule has 33 heavy (non-hydrogen) atoms. The number of nitrogen functional groups attached to an aromatic ring is 1. The van der Waals surface area contributed by atoms with E-state index in [1.165, 1.54) is 50.7 Å². The second-order valence-electron chi connectivity index (χ2n) is 12.0. The standard InChI is InChI=1S/C27H37ClFN3O/c1-15-10-12-26(2)16(14-15)4-5-17-18-6-7-20(27(18,3)13-11-19(17)26)25(33)32-31-24-22(30)9-8-21(28)23(24)29/h8-9,15-20H,4-7,10-14,30H2,1-3H3/t15-,16?,17-,18?,19?,20+,26-,27-/m0/s1. The Kier molecular flexibility index (Phi) is 5.86. The van der Waals surface area contributed by atoms with Gasteiger partial charge in [-0.25, -0.2) is 4.39 Å². The van der Waals surface area contributed by atoms with Gasteiger partial charge in [-0.2, -0.15) is 0 Å². The van der Waals surface area contributed by atoms with Crippen molar-refractivity contribution in [3.63, 3.8) is 0 Å². The van der Waals surface area contributed by atoms with Crippen LogP contribution in [0.3, 0.4) is 0 Å². The topological polar surface area (TPSA) is 67.8 Å². The lowest BCUT2D eigenvalue weighted by molar-refractivity contribution is -0.136. The Labute approximate surface area is 201 Å². The third-order valence-corrected chi connectivity index (χ3v) is 10.9. The first kappa shape index (κ1) is 23.3. The van der Waals surface area contributed by atoms with Gasteiger partial charge in [0.25, 0.3) is 5.91 Å². The Morgan fingerprint density at radius 2 is 1.79 bits per heavy atom. The zero-order valence-electron chi connectivity index (χ0n) is 20.1. The van der Waals surface area contributed by atoms with Gasteiger partial charge in [0.2, 0.25) is 0 Å². The van der Waals surface area contributed by atoms with Crippen molar-refractivity contribution in [1.29, 1.82) is 0 Å². The van der Waals surface area contributed by atoms with Gasteiger partial charge in [-0.05, 0) is 104 Å². The lowest BCUT2D eigenvalue weighted by Gasteiger charge is -2.61. The quantitative estimate of drug-likeness (QED) is 0.349. The molecule has 0 spiro atoms. The zero-order valence-corrected chi connectivity index (χ0v) is 20.9. The summed E-state index contributed by atoms with van der Waals surface area (Å²) in [5.41, 5.74) is 6.27. The Morgan fingerprint density at radius 1 is 1.06 bits per heavy atom. The molecule has 1 aromatic rings. The lowest BCUT2D eigenvalue weighted by atomic mass is 9.44. The van der Waals surface area contributed by atoms with E-state index in [-0.39, 0.29) is 33.6 Å². The molecule has 180 valence electrons. The molecule has 3 unspecified atom stereocenters. The van der Waals surface area contributed by atoms with Crippen LogP contribution in [-0.4, -0.2) is 5.91 Å². The van der Waals surface area contributed by atoms with Crippen molar-refractivity contribution in [3.8, 4) is 0 Å². The summed E-state index contributed by atoms with van der Waals surface area (Å²) in [7, 11) is 0. The van der Waals surface area contributed by atoms with Gasteiger partial charge in [-0.15, -0.1) is 10.2 Å². The number of hydrogen-bond donors (Lipinski definition) is 1. The third kappa shape index (κ3) is 3.64. The highest BCUT2D eigenvalue weighted by atomic mass is 35.5. The normalized spacial score (nSPS) is 42.6. The van der Waals surface area contributed by atoms with Gasteiger partial charge in [0.1, 0.15) is 5.69 Å². The number of carbonyl (C=O) groups excluding carboxylic acids is 1. The first-order valence-corrected chi connectivity index (χ1v) is 13.2. The van der Waals surface area contributed by atoms with Crippen LogP contribution in [0.5, 0.6) is 0 Å². The number of rotatable bonds is 2. The number of carbonyl (C=O) groups is 1. The Bertz CT molecular complexity index is 982. The minimum Gasteiger partial charge on any atom is -0.397 e. The minimum atomic E-state index is -0.726. The number of halogens is 2. The van der Waals surface area contributed by atoms with Crippen molar-refractivity contribution >= 4 is 28.9 Å². The molecule has 1 amide bonds. The molecule has 5 rings (SSSR count). The number of hydrogen-bond acceptors (Lipinski definition) is 3. The molecule has 0 bridgehead atoms. The van der Waals surface area contributed by atoms with Gasteiger partial charge in [0.05, 0.1) is 10.7 Å². The fourth-order valence-electron chi connectivity index (χ4n) is 8.70. The summed E-state index contributed by atoms with van der Waals surface area (Å²) in [4.78, 5) is 13.2. The zero-order chi connectivity index (χ0) is 23.5. The van der Waals surface area contributed by atoms with E-state index in [1.54, 1.807) is 0 Å². The molecule has 0 aromatic heterocycles. The highest BCUT2D eigenvalue weighted by Crippen LogP contribution is 2.67. The summed E-state index contributed by atoms with van der Waals surface area (Å²) in [5, 5.41) is 7.83. The maximum atomic E-state index is 14.3. The molecule has 0 heterocycles. The van der Waals surface area contributed by atoms with Crippen LogP contribution >= 0.6 is 11.6 Å². The summed E-state index contributed by atoms with van der Waals surface area (Å²) >= 11 is 5.86. The molecular formula is C27H37ClFN3O. The molecular weight excluding hydrogens is 437 g/mol. The molecule has 8 atom stereocenters. The maximum Gasteiger partial charge on any atom is 0.268 e. The molecule has 4 aliphatic carbocycles. The van der Waals surface area contributed by atoms with E-state index in [0.717, 1.165) is 37.0 Å². The maximum absolute atomic E-state index is 14.3. The van der Waals surface area contributed by atoms with Gasteiger partial charge in [-0.3, -0.25) is 4.79 Å². The molecule has 4 aliphatic rings. The Balaban J connectivity index is 1.35. The molecule has 4 saturated carbocycles. The van der Waals surface area contributed by atoms with Crippen LogP contribution in [0.25, 0.3) is 0 Å². The SMILES string of the molecule is C[C@H]1CC[C@@]2(C)C(CC[C@@H]3C2CC[C@@]2(C)C3CC[C@@H]2C(=O)N=Nc2c(N)ccc(Cl)c2F)C1. The molecule has 0 radical (unpaired) electrons. The number of azo groups is 1. The van der Waals surface area contributed by atoms with E-state index in [2.05, 4.69) is 31.0 Å². The van der Waals surface area contributed by atoms with Crippen molar-refractivity contribution in [1.82, 2.24) is 0 Å². The third-order valence-electron chi connectivity index (χ3n) is 10.6. The first-order chi connectivity index (χ1) is 15.6. The fraction of sp³-hybridized carbons (Fsp3) is 0.741. The van der Waals surface area contributed by atoms with E-state index in [9.17, 15) is 9.18 Å². The highest BCUT2D eigenvalue weighted by Gasteiger charge is 2.61. The molecule has 2 N–H and O–H groups in total. The van der Waals surface area contributed by atoms with E-state index in [4.69, 9.17) is 17.3 Å². The highest BCUT2D eigenvalue weighted by molar-refractivity contribution is 6.31. The molecule has 4 fully saturated rings. The summed E-state index contributed by atoms with van der Waals surface area (Å²) < 4.78 is 14.3. The number of benzene rings is 1. The van der Waals surface area contributed by atoms with Crippen molar-refractivity contribution in [2.24, 2.45) is 56.6 Å². The number of fused-ring (bicyclic) bond motifs is 5. The van der Waals surface area contributed by atoms with E-state index in [0.29, 0.717) is 17.3 Å². The molecule has 1 aromatic carbocycles. The molecule has 0 saturated heterocycles. The number of amides is 1. The van der Waals surface area contributed by atoms with Crippen LogP contribution in [0.4, 0.5) is 15.8 Å². The summed E-state index contributed by atoms with van der Waals surface area (Å²) in [5.74, 6) is 2.72. The number of nitrogens with two attached hydrogens (primary N) is 1. The Hall–Kier alpha value is -1.49. The van der Waals surface area contributed by atoms with Gasteiger partial charge >= 0.3 is 0 Å². The number of anilines is 1.